The van der Waals surface area contributed by atoms with Gasteiger partial charge in [-0.05, 0) is 36.4 Å². The zero-order valence-corrected chi connectivity index (χ0v) is 12.1. The second kappa shape index (κ2) is 6.24. The summed E-state index contributed by atoms with van der Waals surface area (Å²) in [5.74, 6) is 0.847. The van der Waals surface area contributed by atoms with Crippen molar-refractivity contribution in [3.05, 3.63) is 46.5 Å². The summed E-state index contributed by atoms with van der Waals surface area (Å²) in [4.78, 5) is 15.6. The van der Waals surface area contributed by atoms with Gasteiger partial charge in [0, 0.05) is 17.5 Å². The van der Waals surface area contributed by atoms with Gasteiger partial charge in [0.15, 0.2) is 0 Å². The van der Waals surface area contributed by atoms with Crippen molar-refractivity contribution in [1.82, 2.24) is 10.2 Å². The molecule has 1 aliphatic rings. The predicted octanol–water partition coefficient (Wildman–Crippen LogP) is 2.62. The zero-order chi connectivity index (χ0) is 13.8. The Labute approximate surface area is 122 Å². The third-order valence-corrected chi connectivity index (χ3v) is 4.25. The molecule has 1 N–H and O–H groups in total. The maximum absolute atomic E-state index is 12.0. The molecular weight excluding hydrogens is 272 g/mol. The second-order valence-corrected chi connectivity index (χ2v) is 6.10. The lowest BCUT2D eigenvalue weighted by Crippen LogP contribution is -2.37. The van der Waals surface area contributed by atoms with Crippen LogP contribution < -0.4 is 5.32 Å². The van der Waals surface area contributed by atoms with E-state index in [1.807, 2.05) is 12.1 Å². The van der Waals surface area contributed by atoms with Gasteiger partial charge in [0.25, 0.3) is 0 Å². The first kappa shape index (κ1) is 13.4. The monoisotopic (exact) mass is 290 g/mol. The Morgan fingerprint density at radius 1 is 1.40 bits per heavy atom. The number of nitrogens with zero attached hydrogens (tertiary/aromatic N) is 1. The molecule has 0 saturated heterocycles. The van der Waals surface area contributed by atoms with Gasteiger partial charge in [0.05, 0.1) is 19.4 Å². The number of hydrogen-bond acceptors (Lipinski definition) is 4. The van der Waals surface area contributed by atoms with E-state index in [9.17, 15) is 4.79 Å². The van der Waals surface area contributed by atoms with Gasteiger partial charge in [-0.25, -0.2) is 0 Å². The summed E-state index contributed by atoms with van der Waals surface area (Å²) >= 11 is 1.75. The number of rotatable bonds is 7. The number of hydrogen-bond donors (Lipinski definition) is 1. The minimum absolute atomic E-state index is 0.0601. The molecule has 0 bridgehead atoms. The van der Waals surface area contributed by atoms with Gasteiger partial charge in [-0.1, -0.05) is 6.07 Å². The van der Waals surface area contributed by atoms with Gasteiger partial charge in [-0.3, -0.25) is 9.69 Å². The van der Waals surface area contributed by atoms with Crippen LogP contribution in [0, 0.1) is 0 Å². The second-order valence-electron chi connectivity index (χ2n) is 5.07. The van der Waals surface area contributed by atoms with Crippen LogP contribution in [0.15, 0.2) is 40.3 Å². The van der Waals surface area contributed by atoms with E-state index in [0.717, 1.165) is 12.3 Å². The highest BCUT2D eigenvalue weighted by Crippen LogP contribution is 2.28. The lowest BCUT2D eigenvalue weighted by atomic mass is 10.3. The molecule has 1 aliphatic carbocycles. The summed E-state index contributed by atoms with van der Waals surface area (Å²) in [5.41, 5.74) is 0. The lowest BCUT2D eigenvalue weighted by molar-refractivity contribution is -0.122. The Hall–Kier alpha value is -1.59. The maximum atomic E-state index is 12.0. The average Bonchev–Trinajstić information content (AvgIpc) is 2.94. The van der Waals surface area contributed by atoms with Crippen LogP contribution in [0.4, 0.5) is 0 Å². The van der Waals surface area contributed by atoms with Crippen LogP contribution >= 0.6 is 11.3 Å². The number of nitrogens with one attached hydrogen (secondary N) is 1. The van der Waals surface area contributed by atoms with E-state index in [4.69, 9.17) is 4.42 Å². The van der Waals surface area contributed by atoms with Gasteiger partial charge in [-0.15, -0.1) is 11.3 Å². The number of furan rings is 1. The molecule has 2 aromatic heterocycles. The average molecular weight is 290 g/mol. The summed E-state index contributed by atoms with van der Waals surface area (Å²) in [6, 6.07) is 8.45. The Morgan fingerprint density at radius 3 is 2.95 bits per heavy atom. The van der Waals surface area contributed by atoms with Crippen LogP contribution in [0.3, 0.4) is 0 Å². The molecule has 0 atom stereocenters. The quantitative estimate of drug-likeness (QED) is 0.852. The molecular formula is C15H18N2O2S. The van der Waals surface area contributed by atoms with Crippen molar-refractivity contribution in [3.8, 4) is 0 Å². The van der Waals surface area contributed by atoms with E-state index >= 15 is 0 Å². The van der Waals surface area contributed by atoms with Gasteiger partial charge >= 0.3 is 0 Å². The third-order valence-electron chi connectivity index (χ3n) is 3.39. The van der Waals surface area contributed by atoms with Crippen LogP contribution in [-0.4, -0.2) is 23.4 Å². The number of carbonyl (C=O) groups excluding carboxylic acids is 1. The molecule has 3 rings (SSSR count). The number of amides is 1. The largest absolute Gasteiger partial charge is 0.467 e. The van der Waals surface area contributed by atoms with Crippen molar-refractivity contribution in [2.75, 3.05) is 6.54 Å². The Morgan fingerprint density at radius 2 is 2.30 bits per heavy atom. The van der Waals surface area contributed by atoms with E-state index in [-0.39, 0.29) is 5.91 Å². The fraction of sp³-hybridized carbons (Fsp3) is 0.400. The molecule has 0 unspecified atom stereocenters. The Kier molecular flexibility index (Phi) is 4.18. The van der Waals surface area contributed by atoms with Crippen molar-refractivity contribution in [2.24, 2.45) is 0 Å². The number of thiophene rings is 1. The SMILES string of the molecule is O=C(CN(Cc1cccs1)C1CC1)NCc1ccco1. The first-order valence-electron chi connectivity index (χ1n) is 6.87. The normalized spacial score (nSPS) is 14.7. The maximum Gasteiger partial charge on any atom is 0.234 e. The van der Waals surface area contributed by atoms with Crippen molar-refractivity contribution in [2.45, 2.75) is 32.0 Å². The van der Waals surface area contributed by atoms with Crippen molar-refractivity contribution < 1.29 is 9.21 Å². The van der Waals surface area contributed by atoms with E-state index in [2.05, 4.69) is 27.7 Å². The molecule has 4 nitrogen and oxygen atoms in total. The molecule has 1 saturated carbocycles. The Bertz CT molecular complexity index is 532. The molecule has 1 amide bonds. The highest BCUT2D eigenvalue weighted by Gasteiger charge is 2.30. The lowest BCUT2D eigenvalue weighted by Gasteiger charge is -2.20. The van der Waals surface area contributed by atoms with Crippen LogP contribution in [0.5, 0.6) is 0 Å². The number of carbonyl (C=O) groups is 1. The third kappa shape index (κ3) is 3.71. The fourth-order valence-electron chi connectivity index (χ4n) is 2.20. The molecule has 5 heteroatoms. The summed E-state index contributed by atoms with van der Waals surface area (Å²) < 4.78 is 5.21. The first-order chi connectivity index (χ1) is 9.81. The molecule has 1 fully saturated rings. The molecule has 2 aromatic rings. The predicted molar refractivity (Wildman–Crippen MR) is 78.3 cm³/mol. The summed E-state index contributed by atoms with van der Waals surface area (Å²) in [5, 5.41) is 4.99. The summed E-state index contributed by atoms with van der Waals surface area (Å²) in [6.45, 7) is 1.79. The standard InChI is InChI=1S/C15H18N2O2S/c18-15(16-9-13-3-1-7-19-13)11-17(12-5-6-12)10-14-4-2-8-20-14/h1-4,7-8,12H,5-6,9-11H2,(H,16,18). The smallest absolute Gasteiger partial charge is 0.234 e. The summed E-state index contributed by atoms with van der Waals surface area (Å²) in [7, 11) is 0. The van der Waals surface area contributed by atoms with Crippen LogP contribution in [0.25, 0.3) is 0 Å². The van der Waals surface area contributed by atoms with Crippen molar-refractivity contribution >= 4 is 17.2 Å². The molecule has 0 spiro atoms. The molecule has 2 heterocycles. The van der Waals surface area contributed by atoms with E-state index < -0.39 is 0 Å². The Balaban J connectivity index is 1.49. The summed E-state index contributed by atoms with van der Waals surface area (Å²) in [6.07, 6.45) is 4.03. The van der Waals surface area contributed by atoms with Gasteiger partial charge < -0.3 is 9.73 Å². The molecule has 0 aliphatic heterocycles. The zero-order valence-electron chi connectivity index (χ0n) is 11.2. The minimum atomic E-state index is 0.0601. The van der Waals surface area contributed by atoms with Crippen LogP contribution in [0.2, 0.25) is 0 Å². The molecule has 20 heavy (non-hydrogen) atoms. The topological polar surface area (TPSA) is 45.5 Å². The van der Waals surface area contributed by atoms with Crippen LogP contribution in [-0.2, 0) is 17.9 Å². The van der Waals surface area contributed by atoms with E-state index in [0.29, 0.717) is 19.1 Å². The van der Waals surface area contributed by atoms with E-state index in [1.165, 1.54) is 17.7 Å². The highest BCUT2D eigenvalue weighted by molar-refractivity contribution is 7.09. The van der Waals surface area contributed by atoms with Crippen molar-refractivity contribution in [1.29, 1.82) is 0 Å². The van der Waals surface area contributed by atoms with Gasteiger partial charge in [-0.2, -0.15) is 0 Å². The van der Waals surface area contributed by atoms with Gasteiger partial charge in [0.2, 0.25) is 5.91 Å². The first-order valence-corrected chi connectivity index (χ1v) is 7.75. The van der Waals surface area contributed by atoms with Crippen LogP contribution in [0.1, 0.15) is 23.5 Å². The minimum Gasteiger partial charge on any atom is -0.467 e. The van der Waals surface area contributed by atoms with Gasteiger partial charge in [0.1, 0.15) is 5.76 Å². The fourth-order valence-corrected chi connectivity index (χ4v) is 2.93. The highest BCUT2D eigenvalue weighted by atomic mass is 32.1. The molecule has 106 valence electrons. The van der Waals surface area contributed by atoms with Crippen molar-refractivity contribution in [3.63, 3.8) is 0 Å². The molecule has 0 radical (unpaired) electrons. The molecule has 0 aromatic carbocycles. The van der Waals surface area contributed by atoms with E-state index in [1.54, 1.807) is 17.6 Å².